The van der Waals surface area contributed by atoms with Gasteiger partial charge in [-0.1, -0.05) is 13.0 Å². The van der Waals surface area contributed by atoms with Gasteiger partial charge in [-0.05, 0) is 43.7 Å². The van der Waals surface area contributed by atoms with Gasteiger partial charge in [0.05, 0.1) is 6.54 Å². The average Bonchev–Trinajstić information content (AvgIpc) is 3.03. The molecule has 1 aliphatic heterocycles. The SMILES string of the molecule is CCc1ccc(CN2CCC[C@@H](C(=O)c3ccccn3)C2)o1. The number of piperidine rings is 1. The standard InChI is InChI=1S/C18H22N2O2/c1-2-15-8-9-16(22-15)13-20-11-5-6-14(12-20)18(21)17-7-3-4-10-19-17/h3-4,7-10,14H,2,5-6,11-13H2,1H3/t14-/m1/s1. The first-order chi connectivity index (χ1) is 10.8. The number of aromatic nitrogens is 1. The second kappa shape index (κ2) is 6.88. The lowest BCUT2D eigenvalue weighted by atomic mass is 9.92. The molecule has 3 rings (SSSR count). The van der Waals surface area contributed by atoms with E-state index in [1.807, 2.05) is 24.3 Å². The highest BCUT2D eigenvalue weighted by molar-refractivity contribution is 5.96. The van der Waals surface area contributed by atoms with E-state index in [2.05, 4.69) is 16.8 Å². The van der Waals surface area contributed by atoms with Gasteiger partial charge in [0.2, 0.25) is 0 Å². The molecule has 0 aromatic carbocycles. The molecule has 3 heterocycles. The van der Waals surface area contributed by atoms with Crippen molar-refractivity contribution in [2.75, 3.05) is 13.1 Å². The predicted octanol–water partition coefficient (Wildman–Crippen LogP) is 3.33. The number of pyridine rings is 1. The lowest BCUT2D eigenvalue weighted by Gasteiger charge is -2.31. The average molecular weight is 298 g/mol. The number of Topliss-reactive ketones (excluding diaryl/α,β-unsaturated/α-hetero) is 1. The maximum absolute atomic E-state index is 12.5. The zero-order valence-corrected chi connectivity index (χ0v) is 13.0. The summed E-state index contributed by atoms with van der Waals surface area (Å²) in [5.41, 5.74) is 0.584. The quantitative estimate of drug-likeness (QED) is 0.794. The van der Waals surface area contributed by atoms with Crippen molar-refractivity contribution < 1.29 is 9.21 Å². The minimum Gasteiger partial charge on any atom is -0.465 e. The lowest BCUT2D eigenvalue weighted by Crippen LogP contribution is -2.38. The van der Waals surface area contributed by atoms with Gasteiger partial charge in [0.1, 0.15) is 17.2 Å². The van der Waals surface area contributed by atoms with Crippen molar-refractivity contribution >= 4 is 5.78 Å². The number of likely N-dealkylation sites (tertiary alicyclic amines) is 1. The molecule has 1 aliphatic rings. The smallest absolute Gasteiger partial charge is 0.185 e. The van der Waals surface area contributed by atoms with Crippen LogP contribution in [0, 0.1) is 5.92 Å². The molecule has 2 aromatic heterocycles. The van der Waals surface area contributed by atoms with Crippen molar-refractivity contribution in [3.8, 4) is 0 Å². The molecule has 22 heavy (non-hydrogen) atoms. The zero-order valence-electron chi connectivity index (χ0n) is 13.0. The molecule has 0 aliphatic carbocycles. The van der Waals surface area contributed by atoms with Gasteiger partial charge >= 0.3 is 0 Å². The first-order valence-corrected chi connectivity index (χ1v) is 8.01. The summed E-state index contributed by atoms with van der Waals surface area (Å²) in [7, 11) is 0. The number of carbonyl (C=O) groups excluding carboxylic acids is 1. The molecule has 4 heteroatoms. The van der Waals surface area contributed by atoms with Gasteiger partial charge in [-0.2, -0.15) is 0 Å². The number of ketones is 1. The van der Waals surface area contributed by atoms with E-state index in [0.29, 0.717) is 5.69 Å². The van der Waals surface area contributed by atoms with Crippen molar-refractivity contribution in [1.82, 2.24) is 9.88 Å². The Labute approximate surface area is 131 Å². The summed E-state index contributed by atoms with van der Waals surface area (Å²) >= 11 is 0. The molecule has 1 saturated heterocycles. The Morgan fingerprint density at radius 2 is 2.18 bits per heavy atom. The summed E-state index contributed by atoms with van der Waals surface area (Å²) < 4.78 is 5.78. The largest absolute Gasteiger partial charge is 0.465 e. The highest BCUT2D eigenvalue weighted by Crippen LogP contribution is 2.22. The van der Waals surface area contributed by atoms with Crippen molar-refractivity contribution in [2.24, 2.45) is 5.92 Å². The highest BCUT2D eigenvalue weighted by Gasteiger charge is 2.27. The van der Waals surface area contributed by atoms with E-state index < -0.39 is 0 Å². The van der Waals surface area contributed by atoms with Gasteiger partial charge in [-0.3, -0.25) is 14.7 Å². The topological polar surface area (TPSA) is 46.3 Å². The summed E-state index contributed by atoms with van der Waals surface area (Å²) in [4.78, 5) is 19.0. The number of aryl methyl sites for hydroxylation is 1. The van der Waals surface area contributed by atoms with Gasteiger partial charge in [0, 0.05) is 25.1 Å². The van der Waals surface area contributed by atoms with E-state index >= 15 is 0 Å². The number of carbonyl (C=O) groups is 1. The molecule has 2 aromatic rings. The summed E-state index contributed by atoms with van der Waals surface area (Å²) in [6, 6.07) is 9.60. The molecule has 4 nitrogen and oxygen atoms in total. The molecule has 0 bridgehead atoms. The van der Waals surface area contributed by atoms with Crippen molar-refractivity contribution in [3.63, 3.8) is 0 Å². The maximum atomic E-state index is 12.5. The van der Waals surface area contributed by atoms with E-state index in [1.165, 1.54) is 0 Å². The van der Waals surface area contributed by atoms with Crippen molar-refractivity contribution in [3.05, 3.63) is 53.7 Å². The molecular weight excluding hydrogens is 276 g/mol. The third-order valence-corrected chi connectivity index (χ3v) is 4.24. The molecule has 0 spiro atoms. The fourth-order valence-corrected chi connectivity index (χ4v) is 3.05. The molecule has 0 amide bonds. The minimum absolute atomic E-state index is 0.0456. The summed E-state index contributed by atoms with van der Waals surface area (Å²) in [5, 5.41) is 0. The van der Waals surface area contributed by atoms with E-state index in [4.69, 9.17) is 4.42 Å². The second-order valence-corrected chi connectivity index (χ2v) is 5.88. The van der Waals surface area contributed by atoms with Crippen LogP contribution < -0.4 is 0 Å². The summed E-state index contributed by atoms with van der Waals surface area (Å²) in [6.45, 7) is 4.68. The summed E-state index contributed by atoms with van der Waals surface area (Å²) in [5.74, 6) is 2.22. The molecule has 0 N–H and O–H groups in total. The molecule has 1 fully saturated rings. The van der Waals surface area contributed by atoms with Crippen LogP contribution in [0.4, 0.5) is 0 Å². The Hall–Kier alpha value is -1.94. The zero-order chi connectivity index (χ0) is 15.4. The predicted molar refractivity (Wildman–Crippen MR) is 84.7 cm³/mol. The van der Waals surface area contributed by atoms with Crippen molar-refractivity contribution in [1.29, 1.82) is 0 Å². The fraction of sp³-hybridized carbons (Fsp3) is 0.444. The van der Waals surface area contributed by atoms with Gasteiger partial charge in [0.25, 0.3) is 0 Å². The second-order valence-electron chi connectivity index (χ2n) is 5.88. The van der Waals surface area contributed by atoms with Crippen LogP contribution in [0.1, 0.15) is 41.8 Å². The first-order valence-electron chi connectivity index (χ1n) is 8.01. The van der Waals surface area contributed by atoms with Gasteiger partial charge < -0.3 is 4.42 Å². The van der Waals surface area contributed by atoms with Crippen molar-refractivity contribution in [2.45, 2.75) is 32.7 Å². The van der Waals surface area contributed by atoms with Gasteiger partial charge in [0.15, 0.2) is 5.78 Å². The maximum Gasteiger partial charge on any atom is 0.185 e. The van der Waals surface area contributed by atoms with E-state index in [0.717, 1.165) is 50.4 Å². The van der Waals surface area contributed by atoms with E-state index in [9.17, 15) is 4.79 Å². The molecule has 116 valence electrons. The number of rotatable bonds is 5. The Kier molecular flexibility index (Phi) is 4.68. The van der Waals surface area contributed by atoms with Gasteiger partial charge in [-0.15, -0.1) is 0 Å². The van der Waals surface area contributed by atoms with Crippen LogP contribution in [0.2, 0.25) is 0 Å². The monoisotopic (exact) mass is 298 g/mol. The molecular formula is C18H22N2O2. The summed E-state index contributed by atoms with van der Waals surface area (Å²) in [6.07, 6.45) is 4.60. The Morgan fingerprint density at radius 3 is 2.91 bits per heavy atom. The molecule has 0 unspecified atom stereocenters. The van der Waals surface area contributed by atoms with Crippen LogP contribution in [-0.2, 0) is 13.0 Å². The van der Waals surface area contributed by atoms with E-state index in [1.54, 1.807) is 12.3 Å². The number of hydrogen-bond acceptors (Lipinski definition) is 4. The lowest BCUT2D eigenvalue weighted by molar-refractivity contribution is 0.0797. The van der Waals surface area contributed by atoms with E-state index in [-0.39, 0.29) is 11.7 Å². The highest BCUT2D eigenvalue weighted by atomic mass is 16.3. The Morgan fingerprint density at radius 1 is 1.32 bits per heavy atom. The number of nitrogens with zero attached hydrogens (tertiary/aromatic N) is 2. The third-order valence-electron chi connectivity index (χ3n) is 4.24. The van der Waals surface area contributed by atoms with Gasteiger partial charge in [-0.25, -0.2) is 0 Å². The van der Waals surface area contributed by atoms with Crippen LogP contribution in [0.3, 0.4) is 0 Å². The Bertz CT molecular complexity index is 621. The third kappa shape index (κ3) is 3.45. The fourth-order valence-electron chi connectivity index (χ4n) is 3.05. The van der Waals surface area contributed by atoms with Crippen LogP contribution in [-0.4, -0.2) is 28.8 Å². The normalized spacial score (nSPS) is 19.2. The van der Waals surface area contributed by atoms with Crippen LogP contribution in [0.15, 0.2) is 40.9 Å². The number of furan rings is 1. The molecule has 1 atom stereocenters. The first kappa shape index (κ1) is 15.0. The van der Waals surface area contributed by atoms with Crippen LogP contribution >= 0.6 is 0 Å². The Balaban J connectivity index is 1.63. The van der Waals surface area contributed by atoms with Crippen LogP contribution in [0.5, 0.6) is 0 Å². The minimum atomic E-state index is 0.0456. The number of hydrogen-bond donors (Lipinski definition) is 0. The molecule has 0 radical (unpaired) electrons. The molecule has 0 saturated carbocycles. The van der Waals surface area contributed by atoms with Crippen LogP contribution in [0.25, 0.3) is 0 Å².